The minimum Gasteiger partial charge on any atom is -0.370 e. The van der Waals surface area contributed by atoms with Crippen LogP contribution in [0.4, 0.5) is 5.13 Å². The Morgan fingerprint density at radius 3 is 2.63 bits per heavy atom. The van der Waals surface area contributed by atoms with Crippen molar-refractivity contribution in [2.75, 3.05) is 44.2 Å². The fourth-order valence-corrected chi connectivity index (χ4v) is 4.25. The monoisotopic (exact) mass is 384 g/mol. The minimum atomic E-state index is 0.0360. The summed E-state index contributed by atoms with van der Waals surface area (Å²) in [6.45, 7) is 4.83. The fourth-order valence-electron chi connectivity index (χ4n) is 3.56. The highest BCUT2D eigenvalue weighted by atomic mass is 32.1. The predicted molar refractivity (Wildman–Crippen MR) is 108 cm³/mol. The summed E-state index contributed by atoms with van der Waals surface area (Å²) in [5.74, 6) is 0.494. The normalized spacial score (nSPS) is 17.8. The maximum atomic E-state index is 12.5. The third-order valence-corrected chi connectivity index (χ3v) is 5.99. The summed E-state index contributed by atoms with van der Waals surface area (Å²) in [7, 11) is 0. The van der Waals surface area contributed by atoms with E-state index >= 15 is 0 Å². The number of piperazine rings is 1. The van der Waals surface area contributed by atoms with Gasteiger partial charge in [0.05, 0.1) is 0 Å². The smallest absolute Gasteiger partial charge is 0.244 e. The van der Waals surface area contributed by atoms with Crippen molar-refractivity contribution in [3.8, 4) is 0 Å². The number of anilines is 1. The Labute approximate surface area is 163 Å². The lowest BCUT2D eigenvalue weighted by atomic mass is 10.00. The van der Waals surface area contributed by atoms with Gasteiger partial charge in [0.15, 0.2) is 11.1 Å². The van der Waals surface area contributed by atoms with Gasteiger partial charge in [-0.1, -0.05) is 24.3 Å². The highest BCUT2D eigenvalue weighted by Crippen LogP contribution is 2.19. The Morgan fingerprint density at radius 2 is 1.89 bits per heavy atom. The molecule has 1 amide bonds. The molecular weight excluding hydrogens is 360 g/mol. The molecule has 2 N–H and O–H groups in total. The molecule has 7 nitrogen and oxygen atoms in total. The van der Waals surface area contributed by atoms with Crippen LogP contribution in [0.3, 0.4) is 0 Å². The van der Waals surface area contributed by atoms with E-state index in [1.165, 1.54) is 11.1 Å². The summed E-state index contributed by atoms with van der Waals surface area (Å²) in [5.41, 5.74) is 8.71. The van der Waals surface area contributed by atoms with Crippen LogP contribution in [0.2, 0.25) is 0 Å². The number of rotatable bonds is 3. The van der Waals surface area contributed by atoms with Crippen LogP contribution >= 0.6 is 11.3 Å². The number of aliphatic imine (C=N–C) groups is 1. The number of aromatic nitrogens is 1. The van der Waals surface area contributed by atoms with E-state index < -0.39 is 0 Å². The van der Waals surface area contributed by atoms with Crippen LogP contribution in [0.15, 0.2) is 40.8 Å². The van der Waals surface area contributed by atoms with Gasteiger partial charge in [0, 0.05) is 50.8 Å². The molecule has 2 aliphatic rings. The van der Waals surface area contributed by atoms with E-state index in [-0.39, 0.29) is 12.5 Å². The molecule has 0 spiro atoms. The molecule has 1 aromatic heterocycles. The summed E-state index contributed by atoms with van der Waals surface area (Å²) in [5, 5.41) is 3.04. The van der Waals surface area contributed by atoms with Crippen molar-refractivity contribution in [3.63, 3.8) is 0 Å². The lowest BCUT2D eigenvalue weighted by Crippen LogP contribution is -2.51. The lowest BCUT2D eigenvalue weighted by molar-refractivity contribution is -0.130. The maximum absolute atomic E-state index is 12.5. The Balaban J connectivity index is 1.29. The quantitative estimate of drug-likeness (QED) is 0.635. The molecule has 2 aliphatic heterocycles. The highest BCUT2D eigenvalue weighted by molar-refractivity contribution is 7.13. The van der Waals surface area contributed by atoms with Crippen molar-refractivity contribution in [1.82, 2.24) is 14.8 Å². The zero-order chi connectivity index (χ0) is 18.6. The van der Waals surface area contributed by atoms with E-state index in [4.69, 9.17) is 5.73 Å². The molecule has 1 fully saturated rings. The number of amides is 1. The average molecular weight is 385 g/mol. The predicted octanol–water partition coefficient (Wildman–Crippen LogP) is 1.16. The van der Waals surface area contributed by atoms with Crippen molar-refractivity contribution in [2.45, 2.75) is 13.0 Å². The first-order valence-electron chi connectivity index (χ1n) is 9.24. The number of hydrogen-bond donors (Lipinski definition) is 1. The SMILES string of the molecule is NC(=NCC(=O)N1CCc2ccccc2C1)N1CCN(c2nccs2)CC1. The zero-order valence-corrected chi connectivity index (χ0v) is 16.1. The Hall–Kier alpha value is -2.61. The van der Waals surface area contributed by atoms with Crippen LogP contribution in [0, 0.1) is 0 Å². The zero-order valence-electron chi connectivity index (χ0n) is 15.3. The summed E-state index contributed by atoms with van der Waals surface area (Å²) in [6.07, 6.45) is 2.73. The lowest BCUT2D eigenvalue weighted by Gasteiger charge is -2.35. The van der Waals surface area contributed by atoms with Crippen LogP contribution < -0.4 is 10.6 Å². The standard InChI is InChI=1S/C19H24N6OS/c20-18(23-8-10-24(11-9-23)19-21-6-12-27-19)22-13-17(26)25-7-5-15-3-1-2-4-16(15)14-25/h1-4,6,12H,5,7-11,13-14H2,(H2,20,22). The van der Waals surface area contributed by atoms with Crippen LogP contribution in [0.5, 0.6) is 0 Å². The average Bonchev–Trinajstić information content (AvgIpc) is 3.26. The molecule has 3 heterocycles. The fraction of sp³-hybridized carbons (Fsp3) is 0.421. The molecule has 1 saturated heterocycles. The van der Waals surface area contributed by atoms with E-state index in [1.54, 1.807) is 11.3 Å². The van der Waals surface area contributed by atoms with E-state index in [1.807, 2.05) is 27.4 Å². The van der Waals surface area contributed by atoms with Crippen LogP contribution in [-0.2, 0) is 17.8 Å². The molecule has 0 aliphatic carbocycles. The van der Waals surface area contributed by atoms with Crippen molar-refractivity contribution in [3.05, 3.63) is 47.0 Å². The van der Waals surface area contributed by atoms with Gasteiger partial charge >= 0.3 is 0 Å². The van der Waals surface area contributed by atoms with E-state index in [0.717, 1.165) is 44.3 Å². The van der Waals surface area contributed by atoms with E-state index in [2.05, 4.69) is 33.1 Å². The van der Waals surface area contributed by atoms with Crippen LogP contribution in [-0.4, -0.2) is 65.9 Å². The molecule has 4 rings (SSSR count). The Morgan fingerprint density at radius 1 is 1.11 bits per heavy atom. The number of fused-ring (bicyclic) bond motifs is 1. The van der Waals surface area contributed by atoms with Crippen LogP contribution in [0.25, 0.3) is 0 Å². The first kappa shape index (κ1) is 17.8. The second-order valence-corrected chi connectivity index (χ2v) is 7.67. The summed E-state index contributed by atoms with van der Waals surface area (Å²) >= 11 is 1.65. The molecule has 142 valence electrons. The summed E-state index contributed by atoms with van der Waals surface area (Å²) in [6, 6.07) is 8.30. The maximum Gasteiger partial charge on any atom is 0.244 e. The van der Waals surface area contributed by atoms with Crippen molar-refractivity contribution >= 4 is 28.3 Å². The first-order chi connectivity index (χ1) is 13.2. The molecule has 1 aromatic carbocycles. The largest absolute Gasteiger partial charge is 0.370 e. The van der Waals surface area contributed by atoms with Gasteiger partial charge in [0.1, 0.15) is 6.54 Å². The summed E-state index contributed by atoms with van der Waals surface area (Å²) < 4.78 is 0. The third-order valence-electron chi connectivity index (χ3n) is 5.15. The molecule has 0 radical (unpaired) electrons. The molecule has 8 heteroatoms. The third kappa shape index (κ3) is 4.05. The number of benzene rings is 1. The Kier molecular flexibility index (Phi) is 5.24. The van der Waals surface area contributed by atoms with Gasteiger partial charge in [0.25, 0.3) is 0 Å². The number of carbonyl (C=O) groups is 1. The molecule has 0 atom stereocenters. The minimum absolute atomic E-state index is 0.0360. The molecular formula is C19H24N6OS. The number of hydrogen-bond acceptors (Lipinski definition) is 5. The Bertz CT molecular complexity index is 813. The number of carbonyl (C=O) groups excluding carboxylic acids is 1. The van der Waals surface area contributed by atoms with Gasteiger partial charge in [-0.3, -0.25) is 4.79 Å². The highest BCUT2D eigenvalue weighted by Gasteiger charge is 2.22. The number of thiazole rings is 1. The van der Waals surface area contributed by atoms with Crippen molar-refractivity contribution in [2.24, 2.45) is 10.7 Å². The van der Waals surface area contributed by atoms with E-state index in [9.17, 15) is 4.79 Å². The van der Waals surface area contributed by atoms with Crippen molar-refractivity contribution in [1.29, 1.82) is 0 Å². The van der Waals surface area contributed by atoms with Gasteiger partial charge in [-0.15, -0.1) is 11.3 Å². The van der Waals surface area contributed by atoms with Gasteiger partial charge < -0.3 is 20.4 Å². The molecule has 0 unspecified atom stereocenters. The molecule has 27 heavy (non-hydrogen) atoms. The van der Waals surface area contributed by atoms with Gasteiger partial charge in [-0.05, 0) is 17.5 Å². The second kappa shape index (κ2) is 7.96. The van der Waals surface area contributed by atoms with Crippen molar-refractivity contribution < 1.29 is 4.79 Å². The van der Waals surface area contributed by atoms with Crippen LogP contribution in [0.1, 0.15) is 11.1 Å². The van der Waals surface area contributed by atoms with Gasteiger partial charge in [-0.2, -0.15) is 0 Å². The molecule has 2 aromatic rings. The molecule has 0 saturated carbocycles. The summed E-state index contributed by atoms with van der Waals surface area (Å²) in [4.78, 5) is 27.4. The number of nitrogens with zero attached hydrogens (tertiary/aromatic N) is 5. The van der Waals surface area contributed by atoms with Gasteiger partial charge in [-0.25, -0.2) is 9.98 Å². The topological polar surface area (TPSA) is 78.1 Å². The number of nitrogens with two attached hydrogens (primary N) is 1. The number of guanidine groups is 1. The first-order valence-corrected chi connectivity index (χ1v) is 10.1. The van der Waals surface area contributed by atoms with E-state index in [0.29, 0.717) is 12.5 Å². The van der Waals surface area contributed by atoms with Gasteiger partial charge in [0.2, 0.25) is 5.91 Å². The second-order valence-electron chi connectivity index (χ2n) is 6.80. The molecule has 0 bridgehead atoms.